The Balaban J connectivity index is 5.17. The van der Waals surface area contributed by atoms with Crippen molar-refractivity contribution in [2.24, 2.45) is 0 Å². The van der Waals surface area contributed by atoms with Gasteiger partial charge in [-0.2, -0.15) is 8.78 Å². The van der Waals surface area contributed by atoms with Crippen LogP contribution in [0.25, 0.3) is 0 Å². The van der Waals surface area contributed by atoms with Gasteiger partial charge in [-0.05, 0) is 34.6 Å². The number of hydrogen-bond acceptors (Lipinski definition) is 5. The largest absolute Gasteiger partial charge is 0.340 e. The van der Waals surface area contributed by atoms with Gasteiger partial charge in [-0.25, -0.2) is 0 Å². The summed E-state index contributed by atoms with van der Waals surface area (Å²) in [5.41, 5.74) is 0. The Hall–Kier alpha value is 0.200. The SMILES string of the molecule is CCOP(=O)(CP(=O)(OC(C)C)OC(C)C)C(F)F. The van der Waals surface area contributed by atoms with Crippen molar-refractivity contribution in [2.45, 2.75) is 53.0 Å². The zero-order chi connectivity index (χ0) is 15.3. The highest BCUT2D eigenvalue weighted by molar-refractivity contribution is 7.74. The van der Waals surface area contributed by atoms with Gasteiger partial charge in [-0.1, -0.05) is 0 Å². The molecule has 0 spiro atoms. The molecule has 0 bridgehead atoms. The van der Waals surface area contributed by atoms with Crippen molar-refractivity contribution in [3.8, 4) is 0 Å². The van der Waals surface area contributed by atoms with Crippen molar-refractivity contribution in [3.05, 3.63) is 0 Å². The summed E-state index contributed by atoms with van der Waals surface area (Å²) in [6.45, 7) is 7.63. The molecule has 0 aromatic heterocycles. The molecule has 9 heteroatoms. The van der Waals surface area contributed by atoms with Crippen LogP contribution in [0, 0.1) is 0 Å². The molecule has 1 atom stereocenters. The fourth-order valence-corrected chi connectivity index (χ4v) is 6.52. The van der Waals surface area contributed by atoms with Gasteiger partial charge in [0.1, 0.15) is 5.90 Å². The lowest BCUT2D eigenvalue weighted by molar-refractivity contribution is 0.142. The first-order chi connectivity index (χ1) is 8.54. The van der Waals surface area contributed by atoms with Gasteiger partial charge < -0.3 is 13.6 Å². The minimum Gasteiger partial charge on any atom is -0.325 e. The van der Waals surface area contributed by atoms with Crippen LogP contribution in [-0.4, -0.2) is 30.9 Å². The molecular formula is C10H22F2O5P2. The predicted octanol–water partition coefficient (Wildman–Crippen LogP) is 4.52. The fraction of sp³-hybridized carbons (Fsp3) is 1.00. The number of halogens is 2. The van der Waals surface area contributed by atoms with Crippen LogP contribution in [0.4, 0.5) is 8.78 Å². The first-order valence-corrected chi connectivity index (χ1v) is 9.62. The molecule has 0 aromatic rings. The molecule has 0 saturated carbocycles. The molecule has 5 nitrogen and oxygen atoms in total. The van der Waals surface area contributed by atoms with Crippen LogP contribution in [0.2, 0.25) is 0 Å². The molecule has 0 N–H and O–H groups in total. The van der Waals surface area contributed by atoms with Crippen molar-refractivity contribution >= 4 is 15.0 Å². The molecule has 0 heterocycles. The van der Waals surface area contributed by atoms with E-state index in [0.717, 1.165) is 0 Å². The third kappa shape index (κ3) is 6.96. The van der Waals surface area contributed by atoms with E-state index in [0.29, 0.717) is 0 Å². The van der Waals surface area contributed by atoms with Crippen molar-refractivity contribution in [3.63, 3.8) is 0 Å². The molecule has 0 rings (SSSR count). The second-order valence-electron chi connectivity index (χ2n) is 4.48. The minimum atomic E-state index is -4.37. The Morgan fingerprint density at radius 3 is 1.68 bits per heavy atom. The minimum absolute atomic E-state index is 0.162. The van der Waals surface area contributed by atoms with E-state index in [1.165, 1.54) is 6.92 Å². The molecule has 0 aliphatic carbocycles. The zero-order valence-corrected chi connectivity index (χ0v) is 13.6. The molecule has 0 amide bonds. The number of hydrogen-bond donors (Lipinski definition) is 0. The quantitative estimate of drug-likeness (QED) is 0.584. The van der Waals surface area contributed by atoms with Crippen LogP contribution in [0.1, 0.15) is 34.6 Å². The van der Waals surface area contributed by atoms with E-state index in [1.54, 1.807) is 27.7 Å². The molecular weight excluding hydrogens is 300 g/mol. The van der Waals surface area contributed by atoms with Gasteiger partial charge in [0.2, 0.25) is 0 Å². The molecule has 116 valence electrons. The van der Waals surface area contributed by atoms with E-state index in [9.17, 15) is 17.9 Å². The van der Waals surface area contributed by atoms with Gasteiger partial charge in [-0.3, -0.25) is 9.13 Å². The summed E-state index contributed by atoms with van der Waals surface area (Å²) >= 11 is 0. The van der Waals surface area contributed by atoms with Crippen LogP contribution in [0.15, 0.2) is 0 Å². The van der Waals surface area contributed by atoms with Crippen molar-refractivity contribution in [2.75, 3.05) is 12.5 Å². The first kappa shape index (κ1) is 19.2. The number of alkyl halides is 2. The summed E-state index contributed by atoms with van der Waals surface area (Å²) in [5.74, 6) is -0.915. The molecule has 0 aliphatic rings. The van der Waals surface area contributed by atoms with Gasteiger partial charge in [-0.15, -0.1) is 0 Å². The standard InChI is InChI=1S/C10H22F2O5P2/c1-6-15-18(13,10(11)12)7-19(14,16-8(2)3)17-9(4)5/h8-10H,6-7H2,1-5H3. The second kappa shape index (κ2) is 7.84. The molecule has 0 aromatic carbocycles. The lowest BCUT2D eigenvalue weighted by Gasteiger charge is -2.26. The molecule has 19 heavy (non-hydrogen) atoms. The van der Waals surface area contributed by atoms with Crippen molar-refractivity contribution < 1.29 is 31.5 Å². The lowest BCUT2D eigenvalue weighted by atomic mass is 10.5. The maximum absolute atomic E-state index is 12.9. The Morgan fingerprint density at radius 1 is 1.00 bits per heavy atom. The van der Waals surface area contributed by atoms with E-state index in [1.807, 2.05) is 0 Å². The maximum Gasteiger partial charge on any atom is 0.340 e. The highest BCUT2D eigenvalue weighted by Gasteiger charge is 2.44. The third-order valence-electron chi connectivity index (χ3n) is 1.76. The topological polar surface area (TPSA) is 61.8 Å². The van der Waals surface area contributed by atoms with E-state index >= 15 is 0 Å². The smallest absolute Gasteiger partial charge is 0.325 e. The maximum atomic E-state index is 12.9. The summed E-state index contributed by atoms with van der Waals surface area (Å²) in [7, 11) is -8.28. The molecule has 0 aliphatic heterocycles. The highest BCUT2D eigenvalue weighted by Crippen LogP contribution is 2.67. The first-order valence-electron chi connectivity index (χ1n) is 6.02. The molecule has 1 unspecified atom stereocenters. The Bertz CT molecular complexity index is 346. The van der Waals surface area contributed by atoms with Crippen LogP contribution < -0.4 is 0 Å². The summed E-state index contributed by atoms with van der Waals surface area (Å²) in [6, 6.07) is 0. The van der Waals surface area contributed by atoms with E-state index in [-0.39, 0.29) is 6.61 Å². The van der Waals surface area contributed by atoms with E-state index < -0.39 is 39.2 Å². The summed E-state index contributed by atoms with van der Waals surface area (Å²) in [6.07, 6.45) is -4.22. The summed E-state index contributed by atoms with van der Waals surface area (Å²) in [5, 5.41) is 0. The van der Waals surface area contributed by atoms with Gasteiger partial charge >= 0.3 is 13.8 Å². The van der Waals surface area contributed by atoms with E-state index in [4.69, 9.17) is 9.05 Å². The van der Waals surface area contributed by atoms with Crippen LogP contribution in [0.3, 0.4) is 0 Å². The molecule has 0 saturated heterocycles. The fourth-order valence-electron chi connectivity index (χ4n) is 1.35. The number of rotatable bonds is 9. The highest BCUT2D eigenvalue weighted by atomic mass is 31.2. The Kier molecular flexibility index (Phi) is 7.93. The Labute approximate surface area is 113 Å². The van der Waals surface area contributed by atoms with Crippen LogP contribution in [0.5, 0.6) is 0 Å². The van der Waals surface area contributed by atoms with Crippen molar-refractivity contribution in [1.82, 2.24) is 0 Å². The average Bonchev–Trinajstić information content (AvgIpc) is 2.13. The summed E-state index contributed by atoms with van der Waals surface area (Å²) < 4.78 is 64.9. The second-order valence-corrected chi connectivity index (χ2v) is 9.36. The molecule has 0 fully saturated rings. The van der Waals surface area contributed by atoms with Gasteiger partial charge in [0, 0.05) is 0 Å². The summed E-state index contributed by atoms with van der Waals surface area (Å²) in [4.78, 5) is 0. The Morgan fingerprint density at radius 2 is 1.42 bits per heavy atom. The van der Waals surface area contributed by atoms with E-state index in [2.05, 4.69) is 4.52 Å². The normalized spacial score (nSPS) is 16.3. The molecule has 0 radical (unpaired) electrons. The predicted molar refractivity (Wildman–Crippen MR) is 70.2 cm³/mol. The third-order valence-corrected chi connectivity index (χ3v) is 7.50. The monoisotopic (exact) mass is 322 g/mol. The average molecular weight is 322 g/mol. The lowest BCUT2D eigenvalue weighted by Crippen LogP contribution is -2.13. The van der Waals surface area contributed by atoms with Crippen LogP contribution >= 0.6 is 15.0 Å². The van der Waals surface area contributed by atoms with Crippen LogP contribution in [-0.2, 0) is 22.7 Å². The van der Waals surface area contributed by atoms with Crippen molar-refractivity contribution in [1.29, 1.82) is 0 Å². The van der Waals surface area contributed by atoms with Gasteiger partial charge in [0.15, 0.2) is 0 Å². The van der Waals surface area contributed by atoms with Gasteiger partial charge in [0.25, 0.3) is 7.37 Å². The zero-order valence-electron chi connectivity index (χ0n) is 11.8. The van der Waals surface area contributed by atoms with Gasteiger partial charge in [0.05, 0.1) is 18.8 Å².